The molecule has 0 unspecified atom stereocenters. The first-order valence-corrected chi connectivity index (χ1v) is 19.6. The van der Waals surface area contributed by atoms with E-state index in [4.69, 9.17) is 15.0 Å². The number of benzene rings is 9. The summed E-state index contributed by atoms with van der Waals surface area (Å²) in [5, 5.41) is 7.45. The van der Waals surface area contributed by atoms with Crippen LogP contribution in [0.5, 0.6) is 0 Å². The minimum absolute atomic E-state index is 0.102. The van der Waals surface area contributed by atoms with Crippen LogP contribution < -0.4 is 0 Å². The van der Waals surface area contributed by atoms with Gasteiger partial charge in [-0.05, 0) is 89.0 Å². The molecule has 1 aromatic heterocycles. The smallest absolute Gasteiger partial charge is 0.164 e. The highest BCUT2D eigenvalue weighted by Crippen LogP contribution is 2.50. The molecule has 0 aliphatic heterocycles. The van der Waals surface area contributed by atoms with Crippen LogP contribution in [-0.4, -0.2) is 15.0 Å². The van der Waals surface area contributed by atoms with Crippen LogP contribution in [0.15, 0.2) is 188 Å². The van der Waals surface area contributed by atoms with E-state index < -0.39 is 0 Å². The zero-order valence-electron chi connectivity index (χ0n) is 31.7. The third-order valence-corrected chi connectivity index (χ3v) is 11.9. The Bertz CT molecular complexity index is 3200. The molecule has 0 N–H and O–H groups in total. The molecule has 11 rings (SSSR count). The fourth-order valence-corrected chi connectivity index (χ4v) is 9.07. The molecule has 1 heterocycles. The second kappa shape index (κ2) is 12.9. The van der Waals surface area contributed by atoms with E-state index in [1.165, 1.54) is 60.1 Å². The van der Waals surface area contributed by atoms with Crippen LogP contribution in [0.25, 0.3) is 99.9 Å². The summed E-state index contributed by atoms with van der Waals surface area (Å²) in [6.45, 7) is 4.65. The Hall–Kier alpha value is -7.23. The zero-order chi connectivity index (χ0) is 38.1. The summed E-state index contributed by atoms with van der Waals surface area (Å²) in [5.41, 5.74) is 12.7. The first-order chi connectivity index (χ1) is 28.0. The molecule has 1 aliphatic carbocycles. The summed E-state index contributed by atoms with van der Waals surface area (Å²) < 4.78 is 0. The lowest BCUT2D eigenvalue weighted by atomic mass is 9.81. The van der Waals surface area contributed by atoms with Crippen molar-refractivity contribution in [3.05, 3.63) is 199 Å². The van der Waals surface area contributed by atoms with Crippen molar-refractivity contribution in [2.24, 2.45) is 0 Å². The molecular formula is C54H37N3. The van der Waals surface area contributed by atoms with Crippen LogP contribution in [0.1, 0.15) is 25.0 Å². The molecule has 268 valence electrons. The average molecular weight is 728 g/mol. The van der Waals surface area contributed by atoms with E-state index in [2.05, 4.69) is 184 Å². The van der Waals surface area contributed by atoms with Crippen molar-refractivity contribution < 1.29 is 0 Å². The van der Waals surface area contributed by atoms with E-state index in [1.807, 2.05) is 18.2 Å². The summed E-state index contributed by atoms with van der Waals surface area (Å²) in [7, 11) is 0. The summed E-state index contributed by atoms with van der Waals surface area (Å²) >= 11 is 0. The number of fused-ring (bicyclic) bond motifs is 7. The summed E-state index contributed by atoms with van der Waals surface area (Å²) in [5.74, 6) is 1.93. The highest BCUT2D eigenvalue weighted by Gasteiger charge is 2.35. The second-order valence-electron chi connectivity index (χ2n) is 15.6. The molecule has 9 aromatic carbocycles. The van der Waals surface area contributed by atoms with Gasteiger partial charge in [0.05, 0.1) is 0 Å². The van der Waals surface area contributed by atoms with Crippen molar-refractivity contribution >= 4 is 32.3 Å². The molecule has 3 heteroatoms. The predicted octanol–water partition coefficient (Wildman–Crippen LogP) is 14.0. The SMILES string of the molecule is CC1(C)c2ccccc2-c2ccc(-c3ccccc3-c3nc(-c4ccccc4)nc(-c4ccc(-c5c6ccccc6cc6ccc7ccccc7c56)cc4)n3)cc21. The maximum atomic E-state index is 5.24. The van der Waals surface area contributed by atoms with Gasteiger partial charge in [-0.2, -0.15) is 0 Å². The van der Waals surface area contributed by atoms with Gasteiger partial charge in [0.1, 0.15) is 0 Å². The lowest BCUT2D eigenvalue weighted by Crippen LogP contribution is -2.14. The molecule has 0 spiro atoms. The first kappa shape index (κ1) is 33.1. The van der Waals surface area contributed by atoms with E-state index in [0.29, 0.717) is 17.5 Å². The van der Waals surface area contributed by atoms with E-state index in [1.54, 1.807) is 0 Å². The van der Waals surface area contributed by atoms with Crippen molar-refractivity contribution in [2.75, 3.05) is 0 Å². The van der Waals surface area contributed by atoms with Crippen molar-refractivity contribution in [2.45, 2.75) is 19.3 Å². The minimum Gasteiger partial charge on any atom is -0.208 e. The van der Waals surface area contributed by atoms with Crippen molar-refractivity contribution in [1.82, 2.24) is 15.0 Å². The Morgan fingerprint density at radius 2 is 0.877 bits per heavy atom. The fraction of sp³-hybridized carbons (Fsp3) is 0.0556. The molecule has 0 radical (unpaired) electrons. The normalized spacial score (nSPS) is 12.9. The Morgan fingerprint density at radius 3 is 1.67 bits per heavy atom. The Kier molecular flexibility index (Phi) is 7.52. The Balaban J connectivity index is 1.06. The van der Waals surface area contributed by atoms with Gasteiger partial charge in [0.2, 0.25) is 0 Å². The van der Waals surface area contributed by atoms with E-state index in [0.717, 1.165) is 33.4 Å². The van der Waals surface area contributed by atoms with Gasteiger partial charge < -0.3 is 0 Å². The Morgan fingerprint density at radius 1 is 0.333 bits per heavy atom. The van der Waals surface area contributed by atoms with E-state index in [9.17, 15) is 0 Å². The van der Waals surface area contributed by atoms with Gasteiger partial charge >= 0.3 is 0 Å². The van der Waals surface area contributed by atoms with E-state index >= 15 is 0 Å². The lowest BCUT2D eigenvalue weighted by molar-refractivity contribution is 0.660. The van der Waals surface area contributed by atoms with Gasteiger partial charge in [0.15, 0.2) is 17.5 Å². The number of rotatable bonds is 5. The van der Waals surface area contributed by atoms with E-state index in [-0.39, 0.29) is 5.41 Å². The minimum atomic E-state index is -0.102. The Labute approximate surface area is 332 Å². The third-order valence-electron chi connectivity index (χ3n) is 11.9. The molecule has 0 fully saturated rings. The van der Waals surface area contributed by atoms with Crippen LogP contribution in [0.4, 0.5) is 0 Å². The summed E-state index contributed by atoms with van der Waals surface area (Å²) in [6, 6.07) is 67.3. The fourth-order valence-electron chi connectivity index (χ4n) is 9.07. The standard InChI is InChI=1S/C54H37N3/c1-54(2)47-23-13-12-21-44(47)45-31-30-39(33-48(45)54)41-18-10-11-22-46(41)53-56-51(36-15-4-3-5-16-36)55-52(57-53)37-27-25-35(26-28-37)49-43-20-9-7-17-38(43)32-40-29-24-34-14-6-8-19-42(34)50(40)49/h3-33H,1-2H3. The molecule has 3 nitrogen and oxygen atoms in total. The van der Waals surface area contributed by atoms with Crippen LogP contribution >= 0.6 is 0 Å². The maximum absolute atomic E-state index is 5.24. The first-order valence-electron chi connectivity index (χ1n) is 19.6. The van der Waals surface area contributed by atoms with Gasteiger partial charge in [-0.3, -0.25) is 0 Å². The number of aromatic nitrogens is 3. The average Bonchev–Trinajstić information content (AvgIpc) is 3.51. The maximum Gasteiger partial charge on any atom is 0.164 e. The summed E-state index contributed by atoms with van der Waals surface area (Å²) in [6.07, 6.45) is 0. The monoisotopic (exact) mass is 727 g/mol. The van der Waals surface area contributed by atoms with Crippen molar-refractivity contribution in [3.63, 3.8) is 0 Å². The van der Waals surface area contributed by atoms with Gasteiger partial charge in [-0.25, -0.2) is 15.0 Å². The van der Waals surface area contributed by atoms with Crippen molar-refractivity contribution in [3.8, 4) is 67.5 Å². The topological polar surface area (TPSA) is 38.7 Å². The molecule has 1 aliphatic rings. The molecular weight excluding hydrogens is 691 g/mol. The number of nitrogens with zero attached hydrogens (tertiary/aromatic N) is 3. The van der Waals surface area contributed by atoms with Gasteiger partial charge in [0, 0.05) is 22.1 Å². The predicted molar refractivity (Wildman–Crippen MR) is 237 cm³/mol. The zero-order valence-corrected chi connectivity index (χ0v) is 31.7. The second-order valence-corrected chi connectivity index (χ2v) is 15.6. The van der Waals surface area contributed by atoms with Crippen LogP contribution in [0.2, 0.25) is 0 Å². The number of hydrogen-bond donors (Lipinski definition) is 0. The molecule has 0 amide bonds. The molecule has 0 bridgehead atoms. The van der Waals surface area contributed by atoms with Gasteiger partial charge in [0.25, 0.3) is 0 Å². The molecule has 57 heavy (non-hydrogen) atoms. The van der Waals surface area contributed by atoms with Crippen LogP contribution in [0, 0.1) is 0 Å². The lowest BCUT2D eigenvalue weighted by Gasteiger charge is -2.22. The molecule has 0 saturated heterocycles. The van der Waals surface area contributed by atoms with Crippen molar-refractivity contribution in [1.29, 1.82) is 0 Å². The molecule has 10 aromatic rings. The van der Waals surface area contributed by atoms with Crippen LogP contribution in [0.3, 0.4) is 0 Å². The largest absolute Gasteiger partial charge is 0.208 e. The highest BCUT2D eigenvalue weighted by atomic mass is 15.0. The van der Waals surface area contributed by atoms with Crippen LogP contribution in [-0.2, 0) is 5.41 Å². The molecule has 0 saturated carbocycles. The quantitative estimate of drug-likeness (QED) is 0.131. The van der Waals surface area contributed by atoms with Gasteiger partial charge in [-0.1, -0.05) is 190 Å². The summed E-state index contributed by atoms with van der Waals surface area (Å²) in [4.78, 5) is 15.5. The highest BCUT2D eigenvalue weighted by molar-refractivity contribution is 6.22. The third kappa shape index (κ3) is 5.38. The number of hydrogen-bond acceptors (Lipinski definition) is 3. The molecule has 0 atom stereocenters. The van der Waals surface area contributed by atoms with Gasteiger partial charge in [-0.15, -0.1) is 0 Å².